The summed E-state index contributed by atoms with van der Waals surface area (Å²) < 4.78 is 20.3. The third kappa shape index (κ3) is 3.62. The Kier molecular flexibility index (Phi) is 4.99. The lowest BCUT2D eigenvalue weighted by Crippen LogP contribution is -2.43. The maximum absolute atomic E-state index is 14.5. The fraction of sp³-hybridized carbons (Fsp3) is 0.381. The zero-order chi connectivity index (χ0) is 18.8. The summed E-state index contributed by atoms with van der Waals surface area (Å²) in [5.41, 5.74) is 2.40. The molecule has 2 aliphatic heterocycles. The number of nitrogens with one attached hydrogen (secondary N) is 2. The molecule has 5 nitrogen and oxygen atoms in total. The van der Waals surface area contributed by atoms with Gasteiger partial charge >= 0.3 is 0 Å². The van der Waals surface area contributed by atoms with Crippen LogP contribution in [0.25, 0.3) is 0 Å². The van der Waals surface area contributed by atoms with Crippen LogP contribution >= 0.6 is 0 Å². The Morgan fingerprint density at radius 3 is 2.78 bits per heavy atom. The van der Waals surface area contributed by atoms with Crippen LogP contribution in [0.5, 0.6) is 5.75 Å². The Labute approximate surface area is 158 Å². The SMILES string of the molecule is CC1c2ccccc2OC1C(=O)NCc1ccc(N2CCNCC2)c(F)c1. The van der Waals surface area contributed by atoms with Gasteiger partial charge in [0.2, 0.25) is 0 Å². The summed E-state index contributed by atoms with van der Waals surface area (Å²) in [5, 5.41) is 6.14. The molecule has 2 aromatic carbocycles. The normalized spacial score (nSPS) is 21.5. The molecule has 1 saturated heterocycles. The van der Waals surface area contributed by atoms with Gasteiger partial charge in [0.1, 0.15) is 11.6 Å². The number of benzene rings is 2. The van der Waals surface area contributed by atoms with Gasteiger partial charge in [-0.15, -0.1) is 0 Å². The Hall–Kier alpha value is -2.60. The van der Waals surface area contributed by atoms with E-state index in [9.17, 15) is 9.18 Å². The molecule has 27 heavy (non-hydrogen) atoms. The second-order valence-corrected chi connectivity index (χ2v) is 7.11. The number of hydrogen-bond acceptors (Lipinski definition) is 4. The average Bonchev–Trinajstić information content (AvgIpc) is 3.04. The van der Waals surface area contributed by atoms with E-state index in [2.05, 4.69) is 10.6 Å². The molecule has 0 bridgehead atoms. The van der Waals surface area contributed by atoms with E-state index in [1.54, 1.807) is 6.07 Å². The van der Waals surface area contributed by atoms with Crippen molar-refractivity contribution in [2.24, 2.45) is 0 Å². The maximum atomic E-state index is 14.5. The molecular weight excluding hydrogens is 345 g/mol. The van der Waals surface area contributed by atoms with Crippen LogP contribution in [-0.4, -0.2) is 38.2 Å². The number of amides is 1. The number of anilines is 1. The summed E-state index contributed by atoms with van der Waals surface area (Å²) >= 11 is 0. The van der Waals surface area contributed by atoms with Gasteiger partial charge < -0.3 is 20.3 Å². The van der Waals surface area contributed by atoms with Gasteiger partial charge in [-0.2, -0.15) is 0 Å². The second kappa shape index (κ2) is 7.56. The van der Waals surface area contributed by atoms with Crippen molar-refractivity contribution in [2.45, 2.75) is 25.5 Å². The summed E-state index contributed by atoms with van der Waals surface area (Å²) in [6.07, 6.45) is -0.549. The smallest absolute Gasteiger partial charge is 0.261 e. The van der Waals surface area contributed by atoms with Crippen molar-refractivity contribution in [1.82, 2.24) is 10.6 Å². The molecule has 2 heterocycles. The van der Waals surface area contributed by atoms with Crippen molar-refractivity contribution in [3.05, 3.63) is 59.4 Å². The highest BCUT2D eigenvalue weighted by molar-refractivity contribution is 5.83. The fourth-order valence-corrected chi connectivity index (χ4v) is 3.76. The third-order valence-corrected chi connectivity index (χ3v) is 5.31. The molecule has 2 unspecified atom stereocenters. The summed E-state index contributed by atoms with van der Waals surface area (Å²) in [6, 6.07) is 12.9. The minimum absolute atomic E-state index is 0.00646. The number of halogens is 1. The number of rotatable bonds is 4. The van der Waals surface area contributed by atoms with Crippen molar-refractivity contribution in [2.75, 3.05) is 31.1 Å². The summed E-state index contributed by atoms with van der Waals surface area (Å²) in [7, 11) is 0. The van der Waals surface area contributed by atoms with Gasteiger partial charge in [0.05, 0.1) is 5.69 Å². The van der Waals surface area contributed by atoms with Gasteiger partial charge in [-0.1, -0.05) is 31.2 Å². The molecule has 1 fully saturated rings. The van der Waals surface area contributed by atoms with Crippen LogP contribution in [-0.2, 0) is 11.3 Å². The van der Waals surface area contributed by atoms with E-state index in [1.807, 2.05) is 42.2 Å². The minimum atomic E-state index is -0.549. The van der Waals surface area contributed by atoms with E-state index in [-0.39, 0.29) is 24.2 Å². The van der Waals surface area contributed by atoms with E-state index < -0.39 is 6.10 Å². The van der Waals surface area contributed by atoms with Gasteiger partial charge in [-0.3, -0.25) is 4.79 Å². The Morgan fingerprint density at radius 1 is 1.26 bits per heavy atom. The molecule has 4 rings (SSSR count). The lowest BCUT2D eigenvalue weighted by atomic mass is 9.97. The van der Waals surface area contributed by atoms with Crippen LogP contribution in [0.3, 0.4) is 0 Å². The first-order chi connectivity index (χ1) is 13.1. The lowest BCUT2D eigenvalue weighted by molar-refractivity contribution is -0.128. The summed E-state index contributed by atoms with van der Waals surface area (Å²) in [5.74, 6) is 0.330. The van der Waals surface area contributed by atoms with Gasteiger partial charge in [0, 0.05) is 44.2 Å². The summed E-state index contributed by atoms with van der Waals surface area (Å²) in [6.45, 7) is 5.58. The average molecular weight is 369 g/mol. The molecule has 2 N–H and O–H groups in total. The number of hydrogen-bond donors (Lipinski definition) is 2. The molecule has 0 saturated carbocycles. The lowest BCUT2D eigenvalue weighted by Gasteiger charge is -2.29. The highest BCUT2D eigenvalue weighted by Crippen LogP contribution is 2.37. The fourth-order valence-electron chi connectivity index (χ4n) is 3.76. The van der Waals surface area contributed by atoms with Crippen molar-refractivity contribution in [1.29, 1.82) is 0 Å². The molecule has 0 aromatic heterocycles. The maximum Gasteiger partial charge on any atom is 0.261 e. The molecule has 0 aliphatic carbocycles. The van der Waals surface area contributed by atoms with Gasteiger partial charge in [0.15, 0.2) is 6.10 Å². The van der Waals surface area contributed by atoms with E-state index in [0.717, 1.165) is 43.1 Å². The number of nitrogens with zero attached hydrogens (tertiary/aromatic N) is 1. The number of carbonyl (C=O) groups is 1. The van der Waals surface area contributed by atoms with Crippen LogP contribution in [0.4, 0.5) is 10.1 Å². The van der Waals surface area contributed by atoms with Crippen LogP contribution in [0, 0.1) is 5.82 Å². The second-order valence-electron chi connectivity index (χ2n) is 7.11. The van der Waals surface area contributed by atoms with Crippen molar-refractivity contribution in [3.63, 3.8) is 0 Å². The Morgan fingerprint density at radius 2 is 2.04 bits per heavy atom. The highest BCUT2D eigenvalue weighted by Gasteiger charge is 2.35. The third-order valence-electron chi connectivity index (χ3n) is 5.31. The zero-order valence-corrected chi connectivity index (χ0v) is 15.4. The number of piperazine rings is 1. The Bertz CT molecular complexity index is 836. The molecular formula is C21H24FN3O2. The molecule has 0 spiro atoms. The van der Waals surface area contributed by atoms with Crippen molar-refractivity contribution < 1.29 is 13.9 Å². The van der Waals surface area contributed by atoms with Crippen LogP contribution in [0.2, 0.25) is 0 Å². The number of ether oxygens (including phenoxy) is 1. The molecule has 2 aliphatic rings. The standard InChI is InChI=1S/C21H24FN3O2/c1-14-16-4-2-3-5-19(16)27-20(14)21(26)24-13-15-6-7-18(17(22)12-15)25-10-8-23-9-11-25/h2-7,12,14,20,23H,8-11,13H2,1H3,(H,24,26). The van der Waals surface area contributed by atoms with Crippen LogP contribution < -0.4 is 20.3 Å². The monoisotopic (exact) mass is 369 g/mol. The Balaban J connectivity index is 1.37. The minimum Gasteiger partial charge on any atom is -0.480 e. The largest absolute Gasteiger partial charge is 0.480 e. The van der Waals surface area contributed by atoms with Gasteiger partial charge in [0.25, 0.3) is 5.91 Å². The zero-order valence-electron chi connectivity index (χ0n) is 15.4. The first kappa shape index (κ1) is 17.8. The van der Waals surface area contributed by atoms with Gasteiger partial charge in [-0.25, -0.2) is 4.39 Å². The number of para-hydroxylation sites is 1. The molecule has 142 valence electrons. The molecule has 2 atom stereocenters. The first-order valence-corrected chi connectivity index (χ1v) is 9.41. The van der Waals surface area contributed by atoms with E-state index >= 15 is 0 Å². The predicted octanol–water partition coefficient (Wildman–Crippen LogP) is 2.42. The van der Waals surface area contributed by atoms with Crippen LogP contribution in [0.15, 0.2) is 42.5 Å². The highest BCUT2D eigenvalue weighted by atomic mass is 19.1. The summed E-state index contributed by atoms with van der Waals surface area (Å²) in [4.78, 5) is 14.6. The predicted molar refractivity (Wildman–Crippen MR) is 103 cm³/mol. The topological polar surface area (TPSA) is 53.6 Å². The van der Waals surface area contributed by atoms with Crippen molar-refractivity contribution >= 4 is 11.6 Å². The molecule has 2 aromatic rings. The quantitative estimate of drug-likeness (QED) is 0.869. The number of fused-ring (bicyclic) bond motifs is 1. The van der Waals surface area contributed by atoms with E-state index in [1.165, 1.54) is 6.07 Å². The molecule has 0 radical (unpaired) electrons. The van der Waals surface area contributed by atoms with Gasteiger partial charge in [-0.05, 0) is 23.8 Å². The molecule has 6 heteroatoms. The van der Waals surface area contributed by atoms with Crippen molar-refractivity contribution in [3.8, 4) is 5.75 Å². The van der Waals surface area contributed by atoms with E-state index in [4.69, 9.17) is 4.74 Å². The van der Waals surface area contributed by atoms with E-state index in [0.29, 0.717) is 5.69 Å². The van der Waals surface area contributed by atoms with Crippen LogP contribution in [0.1, 0.15) is 24.0 Å². The first-order valence-electron chi connectivity index (χ1n) is 9.41. The number of carbonyl (C=O) groups excluding carboxylic acids is 1. The molecule has 1 amide bonds.